The Morgan fingerprint density at radius 2 is 2.00 bits per heavy atom. The van der Waals surface area contributed by atoms with Crippen molar-refractivity contribution in [3.05, 3.63) is 65.9 Å². The average molecular weight is 307 g/mol. The topological polar surface area (TPSA) is 42.1 Å². The maximum absolute atomic E-state index is 5.70. The lowest BCUT2D eigenvalue weighted by Gasteiger charge is -2.28. The molecule has 3 nitrogen and oxygen atoms in total. The Balaban J connectivity index is 1.71. The molecule has 0 amide bonds. The van der Waals surface area contributed by atoms with Crippen LogP contribution in [0.15, 0.2) is 54.7 Å². The summed E-state index contributed by atoms with van der Waals surface area (Å²) in [5.74, 6) is 1.25. The van der Waals surface area contributed by atoms with Crippen LogP contribution in [-0.4, -0.2) is 23.0 Å². The van der Waals surface area contributed by atoms with E-state index in [1.54, 1.807) is 0 Å². The third-order valence-electron chi connectivity index (χ3n) is 4.44. The van der Waals surface area contributed by atoms with E-state index in [9.17, 15) is 0 Å². The minimum Gasteiger partial charge on any atom is -0.384 e. The van der Waals surface area contributed by atoms with E-state index in [1.165, 1.54) is 16.7 Å². The molecule has 120 valence electrons. The third kappa shape index (κ3) is 4.42. The highest BCUT2D eigenvalue weighted by molar-refractivity contribution is 5.65. The Morgan fingerprint density at radius 3 is 2.74 bits per heavy atom. The molecule has 1 unspecified atom stereocenters. The summed E-state index contributed by atoms with van der Waals surface area (Å²) in [5.41, 5.74) is 9.68. The van der Waals surface area contributed by atoms with Crippen LogP contribution in [0.2, 0.25) is 0 Å². The number of allylic oxidation sites excluding steroid dienone is 1. The van der Waals surface area contributed by atoms with Crippen LogP contribution in [-0.2, 0) is 6.54 Å². The maximum Gasteiger partial charge on any atom is 0.123 e. The van der Waals surface area contributed by atoms with Gasteiger partial charge >= 0.3 is 0 Å². The molecule has 2 heterocycles. The van der Waals surface area contributed by atoms with Crippen molar-refractivity contribution in [1.82, 2.24) is 9.88 Å². The van der Waals surface area contributed by atoms with Gasteiger partial charge in [0.1, 0.15) is 5.82 Å². The average Bonchev–Trinajstić information content (AvgIpc) is 2.55. The van der Waals surface area contributed by atoms with Crippen LogP contribution in [0.1, 0.15) is 30.9 Å². The van der Waals surface area contributed by atoms with Crippen LogP contribution in [0.3, 0.4) is 0 Å². The first-order valence-corrected chi connectivity index (χ1v) is 8.38. The summed E-state index contributed by atoms with van der Waals surface area (Å²) in [6, 6.07) is 14.7. The normalized spacial score (nSPS) is 22.0. The van der Waals surface area contributed by atoms with Gasteiger partial charge in [-0.3, -0.25) is 4.90 Å². The number of nitrogens with zero attached hydrogens (tertiary/aromatic N) is 2. The smallest absolute Gasteiger partial charge is 0.123 e. The molecule has 3 heteroatoms. The quantitative estimate of drug-likeness (QED) is 0.932. The van der Waals surface area contributed by atoms with Crippen molar-refractivity contribution in [3.63, 3.8) is 0 Å². The second kappa shape index (κ2) is 7.42. The Hall–Kier alpha value is -2.13. The van der Waals surface area contributed by atoms with Gasteiger partial charge in [-0.1, -0.05) is 43.3 Å². The second-order valence-electron chi connectivity index (χ2n) is 6.51. The second-order valence-corrected chi connectivity index (χ2v) is 6.51. The molecule has 0 saturated carbocycles. The van der Waals surface area contributed by atoms with Crippen LogP contribution >= 0.6 is 0 Å². The summed E-state index contributed by atoms with van der Waals surface area (Å²) >= 11 is 0. The van der Waals surface area contributed by atoms with Crippen LogP contribution in [0.4, 0.5) is 5.82 Å². The first-order chi connectivity index (χ1) is 11.2. The SMILES string of the molecule is CC1C/C=C(/c2ccc(N)nc2)CCN(Cc2ccccc2)C1. The van der Waals surface area contributed by atoms with Crippen molar-refractivity contribution in [3.8, 4) is 0 Å². The molecule has 1 atom stereocenters. The number of pyridine rings is 1. The fourth-order valence-corrected chi connectivity index (χ4v) is 3.17. The lowest BCUT2D eigenvalue weighted by molar-refractivity contribution is 0.232. The molecule has 3 rings (SSSR count). The molecule has 0 fully saturated rings. The van der Waals surface area contributed by atoms with Crippen LogP contribution in [0, 0.1) is 5.92 Å². The fourth-order valence-electron chi connectivity index (χ4n) is 3.17. The number of rotatable bonds is 3. The zero-order valence-corrected chi connectivity index (χ0v) is 13.8. The van der Waals surface area contributed by atoms with Gasteiger partial charge in [-0.25, -0.2) is 4.98 Å². The van der Waals surface area contributed by atoms with Crippen LogP contribution < -0.4 is 5.73 Å². The number of benzene rings is 1. The number of hydrogen-bond donors (Lipinski definition) is 1. The lowest BCUT2D eigenvalue weighted by atomic mass is 9.96. The molecule has 2 aromatic rings. The van der Waals surface area contributed by atoms with E-state index in [0.717, 1.165) is 32.5 Å². The highest BCUT2D eigenvalue weighted by Crippen LogP contribution is 2.24. The molecule has 0 bridgehead atoms. The first kappa shape index (κ1) is 15.8. The van der Waals surface area contributed by atoms with Gasteiger partial charge in [0.2, 0.25) is 0 Å². The van der Waals surface area contributed by atoms with E-state index < -0.39 is 0 Å². The first-order valence-electron chi connectivity index (χ1n) is 8.38. The predicted octanol–water partition coefficient (Wildman–Crippen LogP) is 3.98. The highest BCUT2D eigenvalue weighted by Gasteiger charge is 2.15. The summed E-state index contributed by atoms with van der Waals surface area (Å²) < 4.78 is 0. The van der Waals surface area contributed by atoms with Crippen molar-refractivity contribution in [2.24, 2.45) is 5.92 Å². The summed E-state index contributed by atoms with van der Waals surface area (Å²) in [7, 11) is 0. The van der Waals surface area contributed by atoms with Crippen molar-refractivity contribution in [2.45, 2.75) is 26.3 Å². The van der Waals surface area contributed by atoms with E-state index in [4.69, 9.17) is 5.73 Å². The van der Waals surface area contributed by atoms with Crippen molar-refractivity contribution < 1.29 is 0 Å². The molecule has 2 N–H and O–H groups in total. The molecule has 1 aliphatic rings. The van der Waals surface area contributed by atoms with Gasteiger partial charge in [0.15, 0.2) is 0 Å². The van der Waals surface area contributed by atoms with Crippen molar-refractivity contribution in [1.29, 1.82) is 0 Å². The minimum absolute atomic E-state index is 0.583. The fraction of sp³-hybridized carbons (Fsp3) is 0.350. The number of aromatic nitrogens is 1. The Labute approximate surface area is 138 Å². The summed E-state index contributed by atoms with van der Waals surface area (Å²) in [6.07, 6.45) is 6.46. The monoisotopic (exact) mass is 307 g/mol. The third-order valence-corrected chi connectivity index (χ3v) is 4.44. The van der Waals surface area contributed by atoms with E-state index in [1.807, 2.05) is 12.3 Å². The molecule has 1 aliphatic heterocycles. The Kier molecular flexibility index (Phi) is 5.09. The number of hydrogen-bond acceptors (Lipinski definition) is 3. The van der Waals surface area contributed by atoms with Gasteiger partial charge in [-0.2, -0.15) is 0 Å². The maximum atomic E-state index is 5.70. The van der Waals surface area contributed by atoms with Gasteiger partial charge in [-0.15, -0.1) is 0 Å². The minimum atomic E-state index is 0.583. The van der Waals surface area contributed by atoms with Crippen LogP contribution in [0.5, 0.6) is 0 Å². The molecule has 0 aliphatic carbocycles. The standard InChI is InChI=1S/C20H25N3/c1-16-7-8-18(19-9-10-20(21)22-13-19)11-12-23(14-16)15-17-5-3-2-4-6-17/h2-6,8-10,13,16H,7,11-12,14-15H2,1H3,(H2,21,22)/b18-8+. The van der Waals surface area contributed by atoms with E-state index in [0.29, 0.717) is 11.7 Å². The van der Waals surface area contributed by atoms with Gasteiger partial charge in [0.25, 0.3) is 0 Å². The molecule has 0 saturated heterocycles. The van der Waals surface area contributed by atoms with E-state index in [-0.39, 0.29) is 0 Å². The summed E-state index contributed by atoms with van der Waals surface area (Å²) in [4.78, 5) is 6.80. The highest BCUT2D eigenvalue weighted by atomic mass is 15.1. The zero-order valence-electron chi connectivity index (χ0n) is 13.8. The van der Waals surface area contributed by atoms with Crippen molar-refractivity contribution in [2.75, 3.05) is 18.8 Å². The molecule has 0 spiro atoms. The van der Waals surface area contributed by atoms with Gasteiger partial charge < -0.3 is 5.73 Å². The van der Waals surface area contributed by atoms with Gasteiger partial charge in [-0.05, 0) is 47.6 Å². The molecule has 0 radical (unpaired) electrons. The van der Waals surface area contributed by atoms with E-state index in [2.05, 4.69) is 59.3 Å². The lowest BCUT2D eigenvalue weighted by Crippen LogP contribution is -2.30. The summed E-state index contributed by atoms with van der Waals surface area (Å²) in [6.45, 7) is 5.59. The van der Waals surface area contributed by atoms with Gasteiger partial charge in [0, 0.05) is 25.8 Å². The largest absolute Gasteiger partial charge is 0.384 e. The van der Waals surface area contributed by atoms with E-state index >= 15 is 0 Å². The molecular formula is C20H25N3. The summed E-state index contributed by atoms with van der Waals surface area (Å²) in [5, 5.41) is 0. The molecule has 1 aromatic heterocycles. The zero-order chi connectivity index (χ0) is 16.1. The van der Waals surface area contributed by atoms with Crippen LogP contribution in [0.25, 0.3) is 5.57 Å². The molecule has 23 heavy (non-hydrogen) atoms. The number of nitrogen functional groups attached to an aromatic ring is 1. The van der Waals surface area contributed by atoms with Gasteiger partial charge in [0.05, 0.1) is 0 Å². The van der Waals surface area contributed by atoms with Crippen molar-refractivity contribution >= 4 is 11.4 Å². The number of nitrogens with two attached hydrogens (primary N) is 1. The Morgan fingerprint density at radius 1 is 1.17 bits per heavy atom. The number of anilines is 1. The molecule has 1 aromatic carbocycles. The predicted molar refractivity (Wildman–Crippen MR) is 96.7 cm³/mol. The molecular weight excluding hydrogens is 282 g/mol. The Bertz CT molecular complexity index is 646.